The van der Waals surface area contributed by atoms with Crippen LogP contribution in [0.4, 0.5) is 0 Å². The number of nitrogens with zero attached hydrogens (tertiary/aromatic N) is 1. The Morgan fingerprint density at radius 3 is 2.12 bits per heavy atom. The van der Waals surface area contributed by atoms with Gasteiger partial charge in [0.1, 0.15) is 0 Å². The second-order valence-electron chi connectivity index (χ2n) is 5.01. The first-order valence-electron chi connectivity index (χ1n) is 7.07. The van der Waals surface area contributed by atoms with Crippen molar-refractivity contribution in [3.8, 4) is 0 Å². The quantitative estimate of drug-likeness (QED) is 0.641. The van der Waals surface area contributed by atoms with E-state index < -0.39 is 0 Å². The Balaban J connectivity index is 4.46. The van der Waals surface area contributed by atoms with E-state index in [0.717, 1.165) is 25.6 Å². The molecule has 0 bridgehead atoms. The van der Waals surface area contributed by atoms with Crippen molar-refractivity contribution < 1.29 is 4.74 Å². The Hall–Kier alpha value is -0.120. The van der Waals surface area contributed by atoms with Crippen LogP contribution < -0.4 is 5.73 Å². The van der Waals surface area contributed by atoms with E-state index in [1.165, 1.54) is 19.4 Å². The standard InChI is InChI=1S/C14H32N2O/c1-6-13(7-2)10-16(8-3)14(9-15)12(4)11-17-5/h12-14H,6-11,15H2,1-5H3. The monoisotopic (exact) mass is 244 g/mol. The van der Waals surface area contributed by atoms with Crippen LogP contribution in [0.3, 0.4) is 0 Å². The summed E-state index contributed by atoms with van der Waals surface area (Å²) in [5.41, 5.74) is 5.94. The maximum absolute atomic E-state index is 5.94. The lowest BCUT2D eigenvalue weighted by Crippen LogP contribution is -2.47. The molecule has 0 rings (SSSR count). The predicted octanol–water partition coefficient (Wildman–Crippen LogP) is 2.35. The highest BCUT2D eigenvalue weighted by molar-refractivity contribution is 4.78. The lowest BCUT2D eigenvalue weighted by Gasteiger charge is -2.36. The van der Waals surface area contributed by atoms with Crippen LogP contribution in [0.2, 0.25) is 0 Å². The molecule has 0 aliphatic carbocycles. The third-order valence-corrected chi connectivity index (χ3v) is 3.85. The molecule has 0 amide bonds. The van der Waals surface area contributed by atoms with Gasteiger partial charge in [0.05, 0.1) is 6.61 Å². The van der Waals surface area contributed by atoms with Crippen LogP contribution in [0.25, 0.3) is 0 Å². The number of likely N-dealkylation sites (N-methyl/N-ethyl adjacent to an activating group) is 1. The van der Waals surface area contributed by atoms with Crippen molar-refractivity contribution in [1.29, 1.82) is 0 Å². The van der Waals surface area contributed by atoms with E-state index in [2.05, 4.69) is 32.6 Å². The molecular weight excluding hydrogens is 212 g/mol. The average molecular weight is 244 g/mol. The van der Waals surface area contributed by atoms with E-state index >= 15 is 0 Å². The van der Waals surface area contributed by atoms with Crippen LogP contribution in [0.15, 0.2) is 0 Å². The van der Waals surface area contributed by atoms with Crippen LogP contribution >= 0.6 is 0 Å². The SMILES string of the molecule is CCC(CC)CN(CC)C(CN)C(C)COC. The van der Waals surface area contributed by atoms with Crippen LogP contribution in [0, 0.1) is 11.8 Å². The Kier molecular flexibility index (Phi) is 9.79. The Morgan fingerprint density at radius 2 is 1.76 bits per heavy atom. The molecule has 0 heterocycles. The lowest BCUT2D eigenvalue weighted by atomic mass is 9.97. The second kappa shape index (κ2) is 9.86. The molecule has 2 unspecified atom stereocenters. The molecule has 17 heavy (non-hydrogen) atoms. The van der Waals surface area contributed by atoms with Crippen LogP contribution in [-0.2, 0) is 4.74 Å². The number of hydrogen-bond acceptors (Lipinski definition) is 3. The zero-order chi connectivity index (χ0) is 13.3. The molecule has 0 aliphatic heterocycles. The molecule has 3 heteroatoms. The van der Waals surface area contributed by atoms with Crippen LogP contribution in [-0.4, -0.2) is 44.3 Å². The summed E-state index contributed by atoms with van der Waals surface area (Å²) >= 11 is 0. The van der Waals surface area contributed by atoms with Gasteiger partial charge in [-0.2, -0.15) is 0 Å². The fraction of sp³-hybridized carbons (Fsp3) is 1.00. The van der Waals surface area contributed by atoms with E-state index in [1.807, 2.05) is 0 Å². The Morgan fingerprint density at radius 1 is 1.18 bits per heavy atom. The summed E-state index contributed by atoms with van der Waals surface area (Å²) in [7, 11) is 1.77. The molecular formula is C14H32N2O. The Labute approximate surface area is 108 Å². The molecule has 2 N–H and O–H groups in total. The van der Waals surface area contributed by atoms with Crippen molar-refractivity contribution in [3.63, 3.8) is 0 Å². The molecule has 2 atom stereocenters. The molecule has 3 nitrogen and oxygen atoms in total. The van der Waals surface area contributed by atoms with Crippen molar-refractivity contribution in [2.45, 2.75) is 46.6 Å². The fourth-order valence-corrected chi connectivity index (χ4v) is 2.49. The summed E-state index contributed by atoms with van der Waals surface area (Å²) < 4.78 is 5.26. The summed E-state index contributed by atoms with van der Waals surface area (Å²) in [6, 6.07) is 0.445. The first-order valence-corrected chi connectivity index (χ1v) is 7.07. The second-order valence-corrected chi connectivity index (χ2v) is 5.01. The van der Waals surface area contributed by atoms with E-state index in [1.54, 1.807) is 7.11 Å². The van der Waals surface area contributed by atoms with Crippen LogP contribution in [0.1, 0.15) is 40.5 Å². The van der Waals surface area contributed by atoms with Crippen molar-refractivity contribution in [2.24, 2.45) is 17.6 Å². The number of ether oxygens (including phenoxy) is 1. The zero-order valence-corrected chi connectivity index (χ0v) is 12.4. The highest BCUT2D eigenvalue weighted by Gasteiger charge is 2.23. The van der Waals surface area contributed by atoms with Gasteiger partial charge in [-0.15, -0.1) is 0 Å². The highest BCUT2D eigenvalue weighted by atomic mass is 16.5. The van der Waals surface area contributed by atoms with E-state index in [4.69, 9.17) is 10.5 Å². The Bertz CT molecular complexity index is 172. The molecule has 0 saturated heterocycles. The zero-order valence-electron chi connectivity index (χ0n) is 12.4. The molecule has 104 valence electrons. The molecule has 0 aromatic carbocycles. The van der Waals surface area contributed by atoms with Gasteiger partial charge in [0.25, 0.3) is 0 Å². The van der Waals surface area contributed by atoms with Gasteiger partial charge < -0.3 is 10.5 Å². The van der Waals surface area contributed by atoms with Crippen molar-refractivity contribution >= 4 is 0 Å². The first kappa shape index (κ1) is 16.9. The third kappa shape index (κ3) is 5.84. The van der Waals surface area contributed by atoms with Crippen molar-refractivity contribution in [1.82, 2.24) is 4.90 Å². The average Bonchev–Trinajstić information content (AvgIpc) is 2.34. The number of hydrogen-bond donors (Lipinski definition) is 1. The van der Waals surface area contributed by atoms with Gasteiger partial charge in [0.15, 0.2) is 0 Å². The third-order valence-electron chi connectivity index (χ3n) is 3.85. The van der Waals surface area contributed by atoms with Crippen molar-refractivity contribution in [3.05, 3.63) is 0 Å². The highest BCUT2D eigenvalue weighted by Crippen LogP contribution is 2.16. The summed E-state index contributed by atoms with van der Waals surface area (Å²) in [5, 5.41) is 0. The molecule has 0 spiro atoms. The fourth-order valence-electron chi connectivity index (χ4n) is 2.49. The minimum Gasteiger partial charge on any atom is -0.384 e. The van der Waals surface area contributed by atoms with Gasteiger partial charge >= 0.3 is 0 Å². The van der Waals surface area contributed by atoms with E-state index in [9.17, 15) is 0 Å². The molecule has 0 aliphatic rings. The van der Waals surface area contributed by atoms with Gasteiger partial charge in [-0.25, -0.2) is 0 Å². The minimum absolute atomic E-state index is 0.445. The first-order chi connectivity index (χ1) is 8.14. The minimum atomic E-state index is 0.445. The molecule has 0 aromatic rings. The normalized spacial score (nSPS) is 15.5. The summed E-state index contributed by atoms with van der Waals surface area (Å²) in [5.74, 6) is 1.29. The van der Waals surface area contributed by atoms with Crippen molar-refractivity contribution in [2.75, 3.05) is 33.4 Å². The van der Waals surface area contributed by atoms with Gasteiger partial charge in [-0.3, -0.25) is 4.90 Å². The van der Waals surface area contributed by atoms with Gasteiger partial charge in [0, 0.05) is 26.2 Å². The molecule has 0 aromatic heterocycles. The maximum atomic E-state index is 5.94. The van der Waals surface area contributed by atoms with Gasteiger partial charge in [0.2, 0.25) is 0 Å². The summed E-state index contributed by atoms with van der Waals surface area (Å²) in [4.78, 5) is 2.53. The lowest BCUT2D eigenvalue weighted by molar-refractivity contribution is 0.0774. The van der Waals surface area contributed by atoms with Crippen LogP contribution in [0.5, 0.6) is 0 Å². The number of rotatable bonds is 10. The maximum Gasteiger partial charge on any atom is 0.0503 e. The topological polar surface area (TPSA) is 38.5 Å². The number of nitrogens with two attached hydrogens (primary N) is 1. The van der Waals surface area contributed by atoms with E-state index in [0.29, 0.717) is 12.0 Å². The van der Waals surface area contributed by atoms with E-state index in [-0.39, 0.29) is 0 Å². The van der Waals surface area contributed by atoms with Gasteiger partial charge in [-0.05, 0) is 18.4 Å². The number of methoxy groups -OCH3 is 1. The summed E-state index contributed by atoms with van der Waals surface area (Å²) in [6.07, 6.45) is 2.51. The largest absolute Gasteiger partial charge is 0.384 e. The predicted molar refractivity (Wildman–Crippen MR) is 75.2 cm³/mol. The molecule has 0 fully saturated rings. The molecule has 0 radical (unpaired) electrons. The smallest absolute Gasteiger partial charge is 0.0503 e. The molecule has 0 saturated carbocycles. The van der Waals surface area contributed by atoms with Gasteiger partial charge in [-0.1, -0.05) is 40.5 Å². The summed E-state index contributed by atoms with van der Waals surface area (Å²) in [6.45, 7) is 12.8.